The van der Waals surface area contributed by atoms with Crippen molar-refractivity contribution in [2.75, 3.05) is 31.6 Å². The van der Waals surface area contributed by atoms with Gasteiger partial charge in [-0.2, -0.15) is 0 Å². The molecular weight excluding hydrogens is 254 g/mol. The van der Waals surface area contributed by atoms with Crippen LogP contribution < -0.4 is 11.1 Å². The van der Waals surface area contributed by atoms with Gasteiger partial charge in [-0.25, -0.2) is 0 Å². The summed E-state index contributed by atoms with van der Waals surface area (Å²) < 4.78 is 0. The zero-order chi connectivity index (χ0) is 14.8. The number of nitrogens with one attached hydrogen (secondary N) is 1. The summed E-state index contributed by atoms with van der Waals surface area (Å²) in [5.74, 6) is 0.00736. The Morgan fingerprint density at radius 1 is 1.30 bits per heavy atom. The lowest BCUT2D eigenvalue weighted by atomic mass is 10.2. The van der Waals surface area contributed by atoms with E-state index in [9.17, 15) is 4.79 Å². The Kier molecular flexibility index (Phi) is 7.87. The van der Waals surface area contributed by atoms with E-state index in [0.717, 1.165) is 30.8 Å². The third-order valence-electron chi connectivity index (χ3n) is 3.21. The van der Waals surface area contributed by atoms with Gasteiger partial charge in [-0.3, -0.25) is 4.79 Å². The Balaban J connectivity index is 2.34. The number of hydrogen-bond donors (Lipinski definition) is 3. The normalized spacial score (nSPS) is 10.8. The van der Waals surface area contributed by atoms with Gasteiger partial charge in [0.25, 0.3) is 0 Å². The van der Waals surface area contributed by atoms with E-state index < -0.39 is 0 Å². The van der Waals surface area contributed by atoms with Gasteiger partial charge in [0.1, 0.15) is 0 Å². The largest absolute Gasteiger partial charge is 0.396 e. The van der Waals surface area contributed by atoms with E-state index in [1.807, 2.05) is 24.3 Å². The highest BCUT2D eigenvalue weighted by molar-refractivity contribution is 5.90. The molecule has 0 atom stereocenters. The number of nitrogens with two attached hydrogens (primary N) is 1. The van der Waals surface area contributed by atoms with Crippen LogP contribution in [-0.4, -0.2) is 42.2 Å². The number of aliphatic hydroxyl groups excluding tert-OH is 1. The minimum Gasteiger partial charge on any atom is -0.396 e. The summed E-state index contributed by atoms with van der Waals surface area (Å²) in [6.07, 6.45) is 1.20. The van der Waals surface area contributed by atoms with Crippen LogP contribution in [0.15, 0.2) is 24.3 Å². The fourth-order valence-corrected chi connectivity index (χ4v) is 1.93. The Bertz CT molecular complexity index is 393. The summed E-state index contributed by atoms with van der Waals surface area (Å²) in [7, 11) is 0. The molecule has 0 saturated heterocycles. The second-order valence-corrected chi connectivity index (χ2v) is 4.71. The molecule has 20 heavy (non-hydrogen) atoms. The molecule has 0 fully saturated rings. The summed E-state index contributed by atoms with van der Waals surface area (Å²) in [6.45, 7) is 5.18. The van der Waals surface area contributed by atoms with Gasteiger partial charge in [0, 0.05) is 38.3 Å². The van der Waals surface area contributed by atoms with E-state index in [2.05, 4.69) is 17.1 Å². The number of carbonyl (C=O) groups is 1. The molecule has 0 aliphatic rings. The maximum Gasteiger partial charge on any atom is 0.225 e. The van der Waals surface area contributed by atoms with Crippen molar-refractivity contribution >= 4 is 11.6 Å². The molecular formula is C15H25N3O2. The van der Waals surface area contributed by atoms with E-state index in [4.69, 9.17) is 10.8 Å². The quantitative estimate of drug-likeness (QED) is 0.634. The van der Waals surface area contributed by atoms with Gasteiger partial charge < -0.3 is 21.1 Å². The second kappa shape index (κ2) is 9.47. The van der Waals surface area contributed by atoms with Crippen LogP contribution in [0, 0.1) is 0 Å². The molecule has 0 radical (unpaired) electrons. The highest BCUT2D eigenvalue weighted by atomic mass is 16.3. The van der Waals surface area contributed by atoms with Crippen LogP contribution in [0.2, 0.25) is 0 Å². The topological polar surface area (TPSA) is 78.6 Å². The monoisotopic (exact) mass is 279 g/mol. The number of anilines is 1. The van der Waals surface area contributed by atoms with Crippen molar-refractivity contribution in [1.82, 2.24) is 4.90 Å². The average molecular weight is 279 g/mol. The van der Waals surface area contributed by atoms with Crippen LogP contribution in [-0.2, 0) is 11.3 Å². The van der Waals surface area contributed by atoms with E-state index >= 15 is 0 Å². The van der Waals surface area contributed by atoms with Crippen LogP contribution in [0.3, 0.4) is 0 Å². The zero-order valence-corrected chi connectivity index (χ0v) is 12.1. The van der Waals surface area contributed by atoms with E-state index in [1.54, 1.807) is 0 Å². The van der Waals surface area contributed by atoms with Gasteiger partial charge in [-0.1, -0.05) is 19.1 Å². The average Bonchev–Trinajstić information content (AvgIpc) is 2.48. The van der Waals surface area contributed by atoms with Crippen molar-refractivity contribution in [3.63, 3.8) is 0 Å². The predicted octanol–water partition coefficient (Wildman–Crippen LogP) is 1.18. The van der Waals surface area contributed by atoms with Crippen LogP contribution in [0.5, 0.6) is 0 Å². The molecule has 0 aromatic heterocycles. The third kappa shape index (κ3) is 6.14. The van der Waals surface area contributed by atoms with Crippen molar-refractivity contribution < 1.29 is 9.90 Å². The molecule has 0 saturated carbocycles. The summed E-state index contributed by atoms with van der Waals surface area (Å²) in [5, 5.41) is 11.7. The van der Waals surface area contributed by atoms with Gasteiger partial charge in [-0.05, 0) is 30.7 Å². The molecule has 5 nitrogen and oxygen atoms in total. The molecule has 0 spiro atoms. The summed E-state index contributed by atoms with van der Waals surface area (Å²) in [5.41, 5.74) is 7.37. The zero-order valence-electron chi connectivity index (χ0n) is 12.1. The first-order valence-electron chi connectivity index (χ1n) is 7.11. The fraction of sp³-hybridized carbons (Fsp3) is 0.533. The van der Waals surface area contributed by atoms with E-state index in [-0.39, 0.29) is 12.5 Å². The summed E-state index contributed by atoms with van der Waals surface area (Å²) >= 11 is 0. The van der Waals surface area contributed by atoms with Crippen LogP contribution in [0.4, 0.5) is 5.69 Å². The van der Waals surface area contributed by atoms with Crippen molar-refractivity contribution in [3.05, 3.63) is 29.8 Å². The molecule has 1 rings (SSSR count). The Hall–Kier alpha value is -1.43. The Labute approximate surface area is 120 Å². The number of rotatable bonds is 9. The van der Waals surface area contributed by atoms with Gasteiger partial charge in [-0.15, -0.1) is 0 Å². The molecule has 5 heteroatoms. The molecule has 0 aliphatic carbocycles. The lowest BCUT2D eigenvalue weighted by Crippen LogP contribution is -2.29. The molecule has 1 amide bonds. The van der Waals surface area contributed by atoms with Gasteiger partial charge >= 0.3 is 0 Å². The minimum atomic E-state index is 0.00736. The van der Waals surface area contributed by atoms with Crippen molar-refractivity contribution in [3.8, 4) is 0 Å². The first kappa shape index (κ1) is 16.6. The minimum absolute atomic E-state index is 0.00736. The fourth-order valence-electron chi connectivity index (χ4n) is 1.93. The highest BCUT2D eigenvalue weighted by Crippen LogP contribution is 2.09. The number of nitrogens with zero attached hydrogens (tertiary/aromatic N) is 1. The van der Waals surface area contributed by atoms with Gasteiger partial charge in [0.15, 0.2) is 0 Å². The number of benzene rings is 1. The smallest absolute Gasteiger partial charge is 0.225 e. The molecule has 112 valence electrons. The highest BCUT2D eigenvalue weighted by Gasteiger charge is 2.07. The maximum absolute atomic E-state index is 11.8. The summed E-state index contributed by atoms with van der Waals surface area (Å²) in [6, 6.07) is 7.55. The van der Waals surface area contributed by atoms with Crippen LogP contribution in [0.1, 0.15) is 25.3 Å². The number of aliphatic hydroxyl groups is 1. The molecule has 0 heterocycles. The molecule has 0 unspecified atom stereocenters. The van der Waals surface area contributed by atoms with E-state index in [0.29, 0.717) is 19.5 Å². The first-order chi connectivity index (χ1) is 9.69. The SMILES string of the molecule is CCN(CCCO)CCC(=O)Nc1ccc(CN)cc1. The molecule has 0 aliphatic heterocycles. The molecule has 1 aromatic rings. The van der Waals surface area contributed by atoms with Crippen molar-refractivity contribution in [2.24, 2.45) is 5.73 Å². The maximum atomic E-state index is 11.8. The van der Waals surface area contributed by atoms with Crippen LogP contribution in [0.25, 0.3) is 0 Å². The standard InChI is InChI=1S/C15H25N3O2/c1-2-18(9-3-11-19)10-8-15(20)17-14-6-4-13(12-16)5-7-14/h4-7,19H,2-3,8-12,16H2,1H3,(H,17,20). The lowest BCUT2D eigenvalue weighted by Gasteiger charge is -2.19. The first-order valence-corrected chi connectivity index (χ1v) is 7.11. The molecule has 4 N–H and O–H groups in total. The second-order valence-electron chi connectivity index (χ2n) is 4.71. The molecule has 0 bridgehead atoms. The Morgan fingerprint density at radius 3 is 2.55 bits per heavy atom. The van der Waals surface area contributed by atoms with Crippen molar-refractivity contribution in [1.29, 1.82) is 0 Å². The molecule has 1 aromatic carbocycles. The van der Waals surface area contributed by atoms with E-state index in [1.165, 1.54) is 0 Å². The van der Waals surface area contributed by atoms with Crippen molar-refractivity contribution in [2.45, 2.75) is 26.3 Å². The lowest BCUT2D eigenvalue weighted by molar-refractivity contribution is -0.116. The third-order valence-corrected chi connectivity index (χ3v) is 3.21. The number of hydrogen-bond acceptors (Lipinski definition) is 4. The van der Waals surface area contributed by atoms with Gasteiger partial charge in [0.2, 0.25) is 5.91 Å². The number of carbonyl (C=O) groups excluding carboxylic acids is 1. The number of amides is 1. The summed E-state index contributed by atoms with van der Waals surface area (Å²) in [4.78, 5) is 14.0. The predicted molar refractivity (Wildman–Crippen MR) is 81.4 cm³/mol. The Morgan fingerprint density at radius 2 is 2.00 bits per heavy atom. The van der Waals surface area contributed by atoms with Gasteiger partial charge in [0.05, 0.1) is 0 Å². The van der Waals surface area contributed by atoms with Crippen LogP contribution >= 0.6 is 0 Å².